The fourth-order valence-corrected chi connectivity index (χ4v) is 1.63. The van der Waals surface area contributed by atoms with Crippen LogP contribution in [0.5, 0.6) is 0 Å². The molecule has 0 radical (unpaired) electrons. The van der Waals surface area contributed by atoms with Crippen LogP contribution in [0.15, 0.2) is 16.7 Å². The summed E-state index contributed by atoms with van der Waals surface area (Å²) in [6, 6.07) is 1.90. The van der Waals surface area contributed by atoms with Gasteiger partial charge in [0.2, 0.25) is 0 Å². The van der Waals surface area contributed by atoms with E-state index in [-0.39, 0.29) is 10.6 Å². The van der Waals surface area contributed by atoms with Gasteiger partial charge in [-0.3, -0.25) is 0 Å². The van der Waals surface area contributed by atoms with Crippen LogP contribution >= 0.6 is 15.9 Å². The van der Waals surface area contributed by atoms with Gasteiger partial charge < -0.3 is 5.73 Å². The van der Waals surface area contributed by atoms with Crippen molar-refractivity contribution in [1.29, 1.82) is 0 Å². The molecule has 1 heterocycles. The highest BCUT2D eigenvalue weighted by atomic mass is 79.9. The van der Waals surface area contributed by atoms with Crippen LogP contribution in [0, 0.1) is 0 Å². The molecule has 0 aliphatic carbocycles. The number of hydrogen-bond donors (Lipinski definition) is 1. The van der Waals surface area contributed by atoms with Crippen molar-refractivity contribution >= 4 is 15.9 Å². The van der Waals surface area contributed by atoms with Crippen molar-refractivity contribution in [3.8, 4) is 0 Å². The zero-order chi connectivity index (χ0) is 10.9. The number of pyridine rings is 1. The van der Waals surface area contributed by atoms with E-state index in [9.17, 15) is 13.2 Å². The van der Waals surface area contributed by atoms with E-state index < -0.39 is 11.9 Å². The Morgan fingerprint density at radius 3 is 2.36 bits per heavy atom. The maximum absolute atomic E-state index is 12.2. The normalized spacial score (nSPS) is 14.1. The number of halogens is 4. The predicted molar refractivity (Wildman–Crippen MR) is 49.5 cm³/mol. The summed E-state index contributed by atoms with van der Waals surface area (Å²) < 4.78 is 36.7. The van der Waals surface area contributed by atoms with Gasteiger partial charge in [-0.2, -0.15) is 13.2 Å². The van der Waals surface area contributed by atoms with Crippen LogP contribution in [0.4, 0.5) is 13.2 Å². The summed E-state index contributed by atoms with van der Waals surface area (Å²) >= 11 is 2.95. The van der Waals surface area contributed by atoms with Crippen LogP contribution in [0.2, 0.25) is 0 Å². The maximum Gasteiger partial charge on any atom is 0.433 e. The second-order valence-electron chi connectivity index (χ2n) is 2.86. The van der Waals surface area contributed by atoms with E-state index in [4.69, 9.17) is 5.73 Å². The first kappa shape index (κ1) is 11.5. The maximum atomic E-state index is 12.2. The largest absolute Gasteiger partial charge is 0.433 e. The molecular weight excluding hydrogens is 261 g/mol. The van der Waals surface area contributed by atoms with E-state index >= 15 is 0 Å². The number of nitrogens with zero attached hydrogens (tertiary/aromatic N) is 1. The molecule has 6 heteroatoms. The summed E-state index contributed by atoms with van der Waals surface area (Å²) in [5.41, 5.74) is 5.15. The van der Waals surface area contributed by atoms with Crippen LogP contribution in [0.25, 0.3) is 0 Å². The highest BCUT2D eigenvalue weighted by Crippen LogP contribution is 2.30. The molecule has 0 aromatic carbocycles. The molecular formula is C8H8BrF3N2. The smallest absolute Gasteiger partial charge is 0.324 e. The molecule has 0 aliphatic heterocycles. The first-order chi connectivity index (χ1) is 6.32. The third kappa shape index (κ3) is 2.45. The molecule has 1 aromatic heterocycles. The van der Waals surface area contributed by atoms with Gasteiger partial charge in [0.25, 0.3) is 0 Å². The molecule has 1 unspecified atom stereocenters. The van der Waals surface area contributed by atoms with Crippen LogP contribution in [-0.2, 0) is 6.18 Å². The molecule has 0 amide bonds. The van der Waals surface area contributed by atoms with Gasteiger partial charge in [-0.25, -0.2) is 4.98 Å². The van der Waals surface area contributed by atoms with E-state index in [2.05, 4.69) is 20.9 Å². The minimum absolute atomic E-state index is 0.141. The molecule has 2 N–H and O–H groups in total. The fourth-order valence-electron chi connectivity index (χ4n) is 0.943. The minimum atomic E-state index is -4.42. The van der Waals surface area contributed by atoms with Gasteiger partial charge in [0.05, 0.1) is 0 Å². The SMILES string of the molecule is CC(N)c1ccc(C(F)(F)F)nc1Br. The molecule has 14 heavy (non-hydrogen) atoms. The van der Waals surface area contributed by atoms with E-state index in [1.807, 2.05) is 0 Å². The summed E-state index contributed by atoms with van der Waals surface area (Å²) in [6.45, 7) is 1.68. The van der Waals surface area contributed by atoms with Crippen LogP contribution in [0.3, 0.4) is 0 Å². The molecule has 0 saturated heterocycles. The molecule has 1 rings (SSSR count). The summed E-state index contributed by atoms with van der Waals surface area (Å²) in [7, 11) is 0. The number of rotatable bonds is 1. The third-order valence-electron chi connectivity index (χ3n) is 1.66. The Morgan fingerprint density at radius 2 is 2.00 bits per heavy atom. The Kier molecular flexibility index (Phi) is 3.16. The predicted octanol–water partition coefficient (Wildman–Crippen LogP) is 2.88. The Bertz CT molecular complexity index is 336. The Labute approximate surface area is 87.4 Å². The van der Waals surface area contributed by atoms with Crippen molar-refractivity contribution in [2.75, 3.05) is 0 Å². The third-order valence-corrected chi connectivity index (χ3v) is 2.29. The van der Waals surface area contributed by atoms with Crippen LogP contribution in [-0.4, -0.2) is 4.98 Å². The number of nitrogens with two attached hydrogens (primary N) is 1. The zero-order valence-electron chi connectivity index (χ0n) is 7.27. The monoisotopic (exact) mass is 268 g/mol. The van der Waals surface area contributed by atoms with E-state index in [1.165, 1.54) is 6.07 Å². The van der Waals surface area contributed by atoms with Crippen molar-refractivity contribution in [3.63, 3.8) is 0 Å². The van der Waals surface area contributed by atoms with Crippen molar-refractivity contribution in [1.82, 2.24) is 4.98 Å². The molecule has 1 atom stereocenters. The van der Waals surface area contributed by atoms with Crippen LogP contribution < -0.4 is 5.73 Å². The second kappa shape index (κ2) is 3.86. The van der Waals surface area contributed by atoms with E-state index in [0.717, 1.165) is 6.07 Å². The molecule has 1 aromatic rings. The van der Waals surface area contributed by atoms with E-state index in [1.54, 1.807) is 6.92 Å². The van der Waals surface area contributed by atoms with Crippen LogP contribution in [0.1, 0.15) is 24.2 Å². The van der Waals surface area contributed by atoms with Gasteiger partial charge in [0.1, 0.15) is 10.3 Å². The van der Waals surface area contributed by atoms with Crippen molar-refractivity contribution in [2.45, 2.75) is 19.1 Å². The standard InChI is InChI=1S/C8H8BrF3N2/c1-4(13)5-2-3-6(8(10,11)12)14-7(5)9/h2-4H,13H2,1H3. The summed E-state index contributed by atoms with van der Waals surface area (Å²) in [6.07, 6.45) is -4.42. The van der Waals surface area contributed by atoms with Gasteiger partial charge in [-0.05, 0) is 28.9 Å². The van der Waals surface area contributed by atoms with Gasteiger partial charge in [0, 0.05) is 11.6 Å². The minimum Gasteiger partial charge on any atom is -0.324 e. The summed E-state index contributed by atoms with van der Waals surface area (Å²) in [5.74, 6) is 0. The lowest BCUT2D eigenvalue weighted by atomic mass is 10.1. The van der Waals surface area contributed by atoms with Gasteiger partial charge >= 0.3 is 6.18 Å². The number of hydrogen-bond acceptors (Lipinski definition) is 2. The molecule has 2 nitrogen and oxygen atoms in total. The molecule has 0 saturated carbocycles. The summed E-state index contributed by atoms with van der Waals surface area (Å²) in [5, 5.41) is 0. The molecule has 0 aliphatic rings. The molecule has 0 spiro atoms. The van der Waals surface area contributed by atoms with Gasteiger partial charge in [-0.15, -0.1) is 0 Å². The Hall–Kier alpha value is -0.620. The highest BCUT2D eigenvalue weighted by Gasteiger charge is 2.32. The number of alkyl halides is 3. The van der Waals surface area contributed by atoms with Crippen molar-refractivity contribution < 1.29 is 13.2 Å². The average molecular weight is 269 g/mol. The fraction of sp³-hybridized carbons (Fsp3) is 0.375. The summed E-state index contributed by atoms with van der Waals surface area (Å²) in [4.78, 5) is 3.38. The van der Waals surface area contributed by atoms with Crippen molar-refractivity contribution in [2.24, 2.45) is 5.73 Å². The lowest BCUT2D eigenvalue weighted by molar-refractivity contribution is -0.141. The number of aromatic nitrogens is 1. The van der Waals surface area contributed by atoms with Gasteiger partial charge in [-0.1, -0.05) is 6.07 Å². The quantitative estimate of drug-likeness (QED) is 0.796. The Balaban J connectivity index is 3.13. The van der Waals surface area contributed by atoms with Gasteiger partial charge in [0.15, 0.2) is 0 Å². The molecule has 0 bridgehead atoms. The van der Waals surface area contributed by atoms with Crippen molar-refractivity contribution in [3.05, 3.63) is 28.0 Å². The lowest BCUT2D eigenvalue weighted by Gasteiger charge is -2.10. The topological polar surface area (TPSA) is 38.9 Å². The molecule has 0 fully saturated rings. The average Bonchev–Trinajstić information content (AvgIpc) is 2.01. The molecule has 78 valence electrons. The first-order valence-electron chi connectivity index (χ1n) is 3.81. The highest BCUT2D eigenvalue weighted by molar-refractivity contribution is 9.10. The zero-order valence-corrected chi connectivity index (χ0v) is 8.85. The first-order valence-corrected chi connectivity index (χ1v) is 4.61. The van der Waals surface area contributed by atoms with E-state index in [0.29, 0.717) is 5.56 Å². The second-order valence-corrected chi connectivity index (χ2v) is 3.61. The Morgan fingerprint density at radius 1 is 1.43 bits per heavy atom. The lowest BCUT2D eigenvalue weighted by Crippen LogP contribution is -2.11.